The first-order valence-electron chi connectivity index (χ1n) is 7.00. The second-order valence-electron chi connectivity index (χ2n) is 4.75. The van der Waals surface area contributed by atoms with Crippen molar-refractivity contribution in [2.45, 2.75) is 33.4 Å². The van der Waals surface area contributed by atoms with Crippen LogP contribution in [0.4, 0.5) is 11.9 Å². The minimum Gasteiger partial charge on any atom is -0.467 e. The molecule has 0 radical (unpaired) electrons. The summed E-state index contributed by atoms with van der Waals surface area (Å²) in [4.78, 5) is 14.9. The number of ether oxygens (including phenoxy) is 1. The fourth-order valence-corrected chi connectivity index (χ4v) is 1.78. The van der Waals surface area contributed by atoms with E-state index in [-0.39, 0.29) is 6.10 Å². The molecule has 2 heterocycles. The summed E-state index contributed by atoms with van der Waals surface area (Å²) in [6.45, 7) is 7.24. The van der Waals surface area contributed by atoms with Crippen molar-refractivity contribution >= 4 is 11.9 Å². The quantitative estimate of drug-likeness (QED) is 0.838. The third-order valence-electron chi connectivity index (χ3n) is 2.76. The van der Waals surface area contributed by atoms with E-state index >= 15 is 0 Å². The van der Waals surface area contributed by atoms with Gasteiger partial charge in [0.05, 0.1) is 18.9 Å². The first-order valence-corrected chi connectivity index (χ1v) is 7.00. The van der Waals surface area contributed by atoms with E-state index in [0.29, 0.717) is 24.5 Å². The monoisotopic (exact) mass is 291 g/mol. The molecule has 0 spiro atoms. The molecule has 7 nitrogen and oxygen atoms in total. The van der Waals surface area contributed by atoms with Crippen LogP contribution in [-0.4, -0.2) is 34.6 Å². The van der Waals surface area contributed by atoms with Crippen molar-refractivity contribution in [3.8, 4) is 6.01 Å². The van der Waals surface area contributed by atoms with Crippen molar-refractivity contribution in [1.82, 2.24) is 15.0 Å². The minimum absolute atomic E-state index is 0.00473. The van der Waals surface area contributed by atoms with Crippen molar-refractivity contribution < 1.29 is 9.15 Å². The summed E-state index contributed by atoms with van der Waals surface area (Å²) < 4.78 is 11.0. The molecular formula is C14H21N5O2. The maximum Gasteiger partial charge on any atom is 0.323 e. The standard InChI is InChI=1S/C14H21N5O2/c1-5-19(9-11-7-6-8-20-11)13-16-12(15-4)17-14(18-13)21-10(2)3/h6-8,10H,5,9H2,1-4H3,(H,15,16,17,18). The number of hydrogen-bond acceptors (Lipinski definition) is 7. The lowest BCUT2D eigenvalue weighted by Gasteiger charge is -2.20. The molecule has 0 aromatic carbocycles. The van der Waals surface area contributed by atoms with Gasteiger partial charge in [-0.15, -0.1) is 0 Å². The fourth-order valence-electron chi connectivity index (χ4n) is 1.78. The van der Waals surface area contributed by atoms with E-state index in [2.05, 4.69) is 20.3 Å². The molecule has 7 heteroatoms. The zero-order chi connectivity index (χ0) is 15.2. The van der Waals surface area contributed by atoms with E-state index in [1.165, 1.54) is 0 Å². The normalized spacial score (nSPS) is 10.7. The first kappa shape index (κ1) is 15.1. The summed E-state index contributed by atoms with van der Waals surface area (Å²) in [6, 6.07) is 4.11. The summed E-state index contributed by atoms with van der Waals surface area (Å²) in [5.74, 6) is 1.90. The van der Waals surface area contributed by atoms with Gasteiger partial charge in [0.25, 0.3) is 0 Å². The zero-order valence-corrected chi connectivity index (χ0v) is 12.8. The lowest BCUT2D eigenvalue weighted by molar-refractivity contribution is 0.222. The molecule has 2 rings (SSSR count). The van der Waals surface area contributed by atoms with Crippen LogP contribution in [0.1, 0.15) is 26.5 Å². The first-order chi connectivity index (χ1) is 10.1. The van der Waals surface area contributed by atoms with Crippen LogP contribution in [0.5, 0.6) is 6.01 Å². The Bertz CT molecular complexity index is 556. The van der Waals surface area contributed by atoms with E-state index in [1.54, 1.807) is 13.3 Å². The van der Waals surface area contributed by atoms with E-state index in [4.69, 9.17) is 9.15 Å². The number of furan rings is 1. The second-order valence-corrected chi connectivity index (χ2v) is 4.75. The van der Waals surface area contributed by atoms with Crippen molar-refractivity contribution in [1.29, 1.82) is 0 Å². The van der Waals surface area contributed by atoms with Crippen LogP contribution in [0, 0.1) is 0 Å². The number of nitrogens with zero attached hydrogens (tertiary/aromatic N) is 4. The molecule has 0 aliphatic rings. The Hall–Kier alpha value is -2.31. The van der Waals surface area contributed by atoms with Gasteiger partial charge in [0, 0.05) is 13.6 Å². The Morgan fingerprint density at radius 3 is 2.71 bits per heavy atom. The largest absolute Gasteiger partial charge is 0.467 e. The number of anilines is 2. The van der Waals surface area contributed by atoms with Crippen LogP contribution in [0.15, 0.2) is 22.8 Å². The zero-order valence-electron chi connectivity index (χ0n) is 12.8. The summed E-state index contributed by atoms with van der Waals surface area (Å²) in [5, 5.41) is 2.93. The van der Waals surface area contributed by atoms with Gasteiger partial charge >= 0.3 is 6.01 Å². The van der Waals surface area contributed by atoms with Gasteiger partial charge in [-0.3, -0.25) is 0 Å². The van der Waals surface area contributed by atoms with Crippen LogP contribution in [0.25, 0.3) is 0 Å². The van der Waals surface area contributed by atoms with E-state index < -0.39 is 0 Å². The average Bonchev–Trinajstić information content (AvgIpc) is 2.96. The predicted molar refractivity (Wildman–Crippen MR) is 80.6 cm³/mol. The minimum atomic E-state index is 0.00473. The highest BCUT2D eigenvalue weighted by molar-refractivity contribution is 5.38. The molecule has 0 aliphatic carbocycles. The summed E-state index contributed by atoms with van der Waals surface area (Å²) in [7, 11) is 1.76. The molecule has 0 saturated carbocycles. The van der Waals surface area contributed by atoms with E-state index in [1.807, 2.05) is 37.8 Å². The van der Waals surface area contributed by atoms with Gasteiger partial charge in [-0.05, 0) is 32.9 Å². The van der Waals surface area contributed by atoms with Gasteiger partial charge in [0.15, 0.2) is 0 Å². The number of nitrogens with one attached hydrogen (secondary N) is 1. The van der Waals surface area contributed by atoms with Gasteiger partial charge in [-0.25, -0.2) is 0 Å². The van der Waals surface area contributed by atoms with Crippen molar-refractivity contribution in [2.75, 3.05) is 23.8 Å². The number of hydrogen-bond donors (Lipinski definition) is 1. The molecule has 0 fully saturated rings. The molecule has 0 bridgehead atoms. The van der Waals surface area contributed by atoms with Gasteiger partial charge in [-0.2, -0.15) is 15.0 Å². The molecule has 0 amide bonds. The molecule has 21 heavy (non-hydrogen) atoms. The van der Waals surface area contributed by atoms with Crippen molar-refractivity contribution in [2.24, 2.45) is 0 Å². The van der Waals surface area contributed by atoms with Gasteiger partial charge in [0.2, 0.25) is 11.9 Å². The molecule has 2 aromatic rings. The fraction of sp³-hybridized carbons (Fsp3) is 0.500. The molecule has 0 aliphatic heterocycles. The number of rotatable bonds is 7. The molecule has 114 valence electrons. The molecule has 0 saturated heterocycles. The highest BCUT2D eigenvalue weighted by atomic mass is 16.5. The SMILES string of the molecule is CCN(Cc1ccco1)c1nc(NC)nc(OC(C)C)n1. The van der Waals surface area contributed by atoms with E-state index in [0.717, 1.165) is 12.3 Å². The van der Waals surface area contributed by atoms with Crippen LogP contribution in [0.2, 0.25) is 0 Å². The lowest BCUT2D eigenvalue weighted by Crippen LogP contribution is -2.25. The third kappa shape index (κ3) is 4.08. The Balaban J connectivity index is 2.26. The summed E-state index contributed by atoms with van der Waals surface area (Å²) in [5.41, 5.74) is 0. The number of aromatic nitrogens is 3. The van der Waals surface area contributed by atoms with Crippen LogP contribution in [0.3, 0.4) is 0 Å². The van der Waals surface area contributed by atoms with Gasteiger partial charge in [0.1, 0.15) is 5.76 Å². The Kier molecular flexibility index (Phi) is 4.97. The smallest absolute Gasteiger partial charge is 0.323 e. The Labute approximate surface area is 124 Å². The van der Waals surface area contributed by atoms with Crippen molar-refractivity contribution in [3.05, 3.63) is 24.2 Å². The Morgan fingerprint density at radius 1 is 1.33 bits per heavy atom. The van der Waals surface area contributed by atoms with Crippen molar-refractivity contribution in [3.63, 3.8) is 0 Å². The lowest BCUT2D eigenvalue weighted by atomic mass is 10.4. The maximum atomic E-state index is 5.57. The molecular weight excluding hydrogens is 270 g/mol. The summed E-state index contributed by atoms with van der Waals surface area (Å²) in [6.07, 6.45) is 1.66. The topological polar surface area (TPSA) is 76.3 Å². The molecule has 0 unspecified atom stereocenters. The highest BCUT2D eigenvalue weighted by Gasteiger charge is 2.14. The molecule has 2 aromatic heterocycles. The predicted octanol–water partition coefficient (Wildman–Crippen LogP) is 2.32. The van der Waals surface area contributed by atoms with Gasteiger partial charge < -0.3 is 19.4 Å². The highest BCUT2D eigenvalue weighted by Crippen LogP contribution is 2.18. The van der Waals surface area contributed by atoms with Crippen LogP contribution >= 0.6 is 0 Å². The summed E-state index contributed by atoms with van der Waals surface area (Å²) >= 11 is 0. The average molecular weight is 291 g/mol. The molecule has 1 N–H and O–H groups in total. The second kappa shape index (κ2) is 6.92. The Morgan fingerprint density at radius 2 is 2.14 bits per heavy atom. The van der Waals surface area contributed by atoms with Crippen LogP contribution in [-0.2, 0) is 6.54 Å². The maximum absolute atomic E-state index is 5.57. The third-order valence-corrected chi connectivity index (χ3v) is 2.76. The van der Waals surface area contributed by atoms with E-state index in [9.17, 15) is 0 Å². The van der Waals surface area contributed by atoms with Gasteiger partial charge in [-0.1, -0.05) is 0 Å². The van der Waals surface area contributed by atoms with Crippen LogP contribution < -0.4 is 15.0 Å². The molecule has 0 atom stereocenters.